The monoisotopic (exact) mass is 256 g/mol. The number of rotatable bonds is 4. The molecule has 0 radical (unpaired) electrons. The molecule has 1 aliphatic rings. The summed E-state index contributed by atoms with van der Waals surface area (Å²) in [6.45, 7) is 8.40. The Morgan fingerprint density at radius 1 is 1.39 bits per heavy atom. The first-order chi connectivity index (χ1) is 8.28. The number of carbonyl (C=O) groups excluding carboxylic acids is 1. The molecule has 0 saturated carbocycles. The first-order valence-corrected chi connectivity index (χ1v) is 6.52. The second-order valence-corrected chi connectivity index (χ2v) is 6.24. The summed E-state index contributed by atoms with van der Waals surface area (Å²) in [7, 11) is 0. The average Bonchev–Trinajstić information content (AvgIpc) is 2.62. The number of hydrogen-bond acceptors (Lipinski definition) is 2. The molecule has 0 bridgehead atoms. The molecule has 5 heteroatoms. The van der Waals surface area contributed by atoms with Gasteiger partial charge in [-0.15, -0.1) is 0 Å². The third kappa shape index (κ3) is 5.38. The van der Waals surface area contributed by atoms with Gasteiger partial charge in [0.1, 0.15) is 0 Å². The number of carbonyl (C=O) groups is 2. The summed E-state index contributed by atoms with van der Waals surface area (Å²) in [6, 6.07) is -0.132. The van der Waals surface area contributed by atoms with Crippen molar-refractivity contribution in [3.8, 4) is 0 Å². The van der Waals surface area contributed by atoms with Gasteiger partial charge >= 0.3 is 12.0 Å². The molecular weight excluding hydrogens is 232 g/mol. The van der Waals surface area contributed by atoms with E-state index in [4.69, 9.17) is 5.11 Å². The molecule has 1 atom stereocenters. The Hall–Kier alpha value is -1.26. The lowest BCUT2D eigenvalue weighted by Crippen LogP contribution is -2.39. The molecule has 104 valence electrons. The van der Waals surface area contributed by atoms with Crippen molar-refractivity contribution in [2.24, 2.45) is 11.3 Å². The minimum atomic E-state index is -0.887. The molecule has 0 aromatic rings. The highest BCUT2D eigenvalue weighted by Crippen LogP contribution is 2.30. The van der Waals surface area contributed by atoms with Crippen molar-refractivity contribution in [1.82, 2.24) is 10.2 Å². The maximum Gasteiger partial charge on any atom is 0.317 e. The quantitative estimate of drug-likeness (QED) is 0.807. The Balaban J connectivity index is 2.28. The van der Waals surface area contributed by atoms with Gasteiger partial charge < -0.3 is 15.3 Å². The molecule has 1 fully saturated rings. The summed E-state index contributed by atoms with van der Waals surface area (Å²) in [4.78, 5) is 23.9. The van der Waals surface area contributed by atoms with Crippen LogP contribution in [0.1, 0.15) is 40.0 Å². The number of nitrogens with zero attached hydrogens (tertiary/aromatic N) is 1. The molecule has 1 heterocycles. The molecular formula is C13H24N2O3. The fraction of sp³-hybridized carbons (Fsp3) is 0.846. The molecule has 0 aliphatic carbocycles. The molecule has 1 unspecified atom stereocenters. The first-order valence-electron chi connectivity index (χ1n) is 6.52. The number of hydrogen-bond donors (Lipinski definition) is 2. The lowest BCUT2D eigenvalue weighted by atomic mass is 9.84. The minimum absolute atomic E-state index is 0.0228. The SMILES string of the molecule is CC(C)(C)CC1CCN(C(=O)NCCC(=O)O)C1. The van der Waals surface area contributed by atoms with E-state index in [1.165, 1.54) is 0 Å². The molecule has 0 aromatic heterocycles. The molecule has 2 amide bonds. The van der Waals surface area contributed by atoms with Crippen LogP contribution in [0.5, 0.6) is 0 Å². The molecule has 18 heavy (non-hydrogen) atoms. The highest BCUT2D eigenvalue weighted by molar-refractivity contribution is 5.75. The van der Waals surface area contributed by atoms with Crippen LogP contribution in [0.25, 0.3) is 0 Å². The van der Waals surface area contributed by atoms with Gasteiger partial charge in [-0.2, -0.15) is 0 Å². The summed E-state index contributed by atoms with van der Waals surface area (Å²) in [5.74, 6) is -0.322. The van der Waals surface area contributed by atoms with E-state index in [0.717, 1.165) is 25.9 Å². The van der Waals surface area contributed by atoms with E-state index in [-0.39, 0.29) is 19.0 Å². The van der Waals surface area contributed by atoms with Crippen molar-refractivity contribution < 1.29 is 14.7 Å². The van der Waals surface area contributed by atoms with E-state index in [0.29, 0.717) is 11.3 Å². The summed E-state index contributed by atoms with van der Waals surface area (Å²) in [6.07, 6.45) is 2.14. The Morgan fingerprint density at radius 2 is 2.06 bits per heavy atom. The molecule has 1 aliphatic heterocycles. The smallest absolute Gasteiger partial charge is 0.317 e. The number of urea groups is 1. The number of likely N-dealkylation sites (tertiary alicyclic amines) is 1. The molecule has 1 rings (SSSR count). The summed E-state index contributed by atoms with van der Waals surface area (Å²) < 4.78 is 0. The summed E-state index contributed by atoms with van der Waals surface area (Å²) in [5.41, 5.74) is 0.292. The van der Waals surface area contributed by atoms with Crippen molar-refractivity contribution in [2.45, 2.75) is 40.0 Å². The van der Waals surface area contributed by atoms with Crippen molar-refractivity contribution in [3.63, 3.8) is 0 Å². The van der Waals surface area contributed by atoms with Crippen molar-refractivity contribution in [1.29, 1.82) is 0 Å². The first kappa shape index (κ1) is 14.8. The van der Waals surface area contributed by atoms with Crippen LogP contribution in [-0.4, -0.2) is 41.6 Å². The van der Waals surface area contributed by atoms with Crippen molar-refractivity contribution in [2.75, 3.05) is 19.6 Å². The van der Waals surface area contributed by atoms with E-state index >= 15 is 0 Å². The van der Waals surface area contributed by atoms with Crippen LogP contribution >= 0.6 is 0 Å². The Bertz CT molecular complexity index is 310. The van der Waals surface area contributed by atoms with Gasteiger partial charge in [0, 0.05) is 19.6 Å². The molecule has 5 nitrogen and oxygen atoms in total. The van der Waals surface area contributed by atoms with E-state index < -0.39 is 5.97 Å². The summed E-state index contributed by atoms with van der Waals surface area (Å²) >= 11 is 0. The third-order valence-corrected chi connectivity index (χ3v) is 3.09. The standard InChI is InChI=1S/C13H24N2O3/c1-13(2,3)8-10-5-7-15(9-10)12(18)14-6-4-11(16)17/h10H,4-9H2,1-3H3,(H,14,18)(H,16,17). The van der Waals surface area contributed by atoms with Crippen LogP contribution < -0.4 is 5.32 Å². The Morgan fingerprint density at radius 3 is 2.61 bits per heavy atom. The van der Waals surface area contributed by atoms with Gasteiger partial charge in [-0.25, -0.2) is 4.79 Å². The van der Waals surface area contributed by atoms with Gasteiger partial charge in [-0.05, 0) is 24.2 Å². The van der Waals surface area contributed by atoms with E-state index in [9.17, 15) is 9.59 Å². The fourth-order valence-electron chi connectivity index (χ4n) is 2.44. The maximum absolute atomic E-state index is 11.8. The zero-order valence-corrected chi connectivity index (χ0v) is 11.5. The number of aliphatic carboxylic acids is 1. The van der Waals surface area contributed by atoms with E-state index in [2.05, 4.69) is 26.1 Å². The maximum atomic E-state index is 11.8. The van der Waals surface area contributed by atoms with E-state index in [1.54, 1.807) is 4.90 Å². The van der Waals surface area contributed by atoms with Crippen LogP contribution in [0, 0.1) is 11.3 Å². The minimum Gasteiger partial charge on any atom is -0.481 e. The topological polar surface area (TPSA) is 69.6 Å². The summed E-state index contributed by atoms with van der Waals surface area (Å²) in [5, 5.41) is 11.1. The van der Waals surface area contributed by atoms with Crippen molar-refractivity contribution >= 4 is 12.0 Å². The number of nitrogens with one attached hydrogen (secondary N) is 1. The molecule has 1 saturated heterocycles. The number of amides is 2. The highest BCUT2D eigenvalue weighted by Gasteiger charge is 2.29. The predicted octanol–water partition coefficient (Wildman–Crippen LogP) is 1.93. The lowest BCUT2D eigenvalue weighted by molar-refractivity contribution is -0.136. The van der Waals surface area contributed by atoms with Gasteiger partial charge in [-0.3, -0.25) is 4.79 Å². The zero-order valence-electron chi connectivity index (χ0n) is 11.5. The molecule has 2 N–H and O–H groups in total. The van der Waals surface area contributed by atoms with Crippen LogP contribution in [0.4, 0.5) is 4.79 Å². The fourth-order valence-corrected chi connectivity index (χ4v) is 2.44. The lowest BCUT2D eigenvalue weighted by Gasteiger charge is -2.23. The normalized spacial score (nSPS) is 19.9. The third-order valence-electron chi connectivity index (χ3n) is 3.09. The Kier molecular flexibility index (Phi) is 4.99. The largest absolute Gasteiger partial charge is 0.481 e. The second-order valence-electron chi connectivity index (χ2n) is 6.24. The van der Waals surface area contributed by atoms with E-state index in [1.807, 2.05) is 0 Å². The molecule has 0 aromatic carbocycles. The number of carboxylic acids is 1. The van der Waals surface area contributed by atoms with Gasteiger partial charge in [-0.1, -0.05) is 20.8 Å². The van der Waals surface area contributed by atoms with Gasteiger partial charge in [0.2, 0.25) is 0 Å². The predicted molar refractivity (Wildman–Crippen MR) is 69.4 cm³/mol. The van der Waals surface area contributed by atoms with Crippen LogP contribution in [0.3, 0.4) is 0 Å². The van der Waals surface area contributed by atoms with Gasteiger partial charge in [0.15, 0.2) is 0 Å². The van der Waals surface area contributed by atoms with Crippen LogP contribution in [0.2, 0.25) is 0 Å². The zero-order chi connectivity index (χ0) is 13.8. The van der Waals surface area contributed by atoms with Crippen molar-refractivity contribution in [3.05, 3.63) is 0 Å². The van der Waals surface area contributed by atoms with Crippen LogP contribution in [0.15, 0.2) is 0 Å². The molecule has 0 spiro atoms. The second kappa shape index (κ2) is 6.07. The highest BCUT2D eigenvalue weighted by atomic mass is 16.4. The van der Waals surface area contributed by atoms with Crippen LogP contribution in [-0.2, 0) is 4.79 Å². The number of carboxylic acid groups (broad SMARTS) is 1. The van der Waals surface area contributed by atoms with Gasteiger partial charge in [0.05, 0.1) is 6.42 Å². The average molecular weight is 256 g/mol. The Labute approximate surface area is 109 Å². The van der Waals surface area contributed by atoms with Gasteiger partial charge in [0.25, 0.3) is 0 Å².